The second-order valence-electron chi connectivity index (χ2n) is 5.84. The number of fused-ring (bicyclic) bond motifs is 1. The minimum absolute atomic E-state index is 0.0784. The number of pyridine rings is 1. The Bertz CT molecular complexity index is 727. The average molecular weight is 317 g/mol. The summed E-state index contributed by atoms with van der Waals surface area (Å²) in [5.74, 6) is -1.00. The van der Waals surface area contributed by atoms with Gasteiger partial charge in [0.25, 0.3) is 0 Å². The highest BCUT2D eigenvalue weighted by molar-refractivity contribution is 7.99. The largest absolute Gasteiger partial charge is 0.477 e. The van der Waals surface area contributed by atoms with Crippen LogP contribution < -0.4 is 10.6 Å². The zero-order chi connectivity index (χ0) is 15.9. The molecule has 2 heterocycles. The fourth-order valence-corrected chi connectivity index (χ4v) is 3.49. The van der Waals surface area contributed by atoms with Crippen molar-refractivity contribution in [1.82, 2.24) is 4.98 Å². The van der Waals surface area contributed by atoms with E-state index in [1.54, 1.807) is 17.8 Å². The van der Waals surface area contributed by atoms with Crippen molar-refractivity contribution in [1.29, 1.82) is 0 Å². The van der Waals surface area contributed by atoms with Gasteiger partial charge in [0.15, 0.2) is 5.69 Å². The van der Waals surface area contributed by atoms with Crippen LogP contribution in [0, 0.1) is 0 Å². The van der Waals surface area contributed by atoms with E-state index in [4.69, 9.17) is 5.73 Å². The molecule has 1 aromatic heterocycles. The molecule has 6 heteroatoms. The molecule has 22 heavy (non-hydrogen) atoms. The monoisotopic (exact) mass is 317 g/mol. The highest BCUT2D eigenvalue weighted by Gasteiger charge is 2.26. The van der Waals surface area contributed by atoms with Gasteiger partial charge in [-0.25, -0.2) is 9.78 Å². The minimum atomic E-state index is -1.00. The van der Waals surface area contributed by atoms with Gasteiger partial charge in [-0.1, -0.05) is 13.8 Å². The third-order valence-electron chi connectivity index (χ3n) is 3.60. The molecule has 1 fully saturated rings. The van der Waals surface area contributed by atoms with Crippen molar-refractivity contribution in [3.63, 3.8) is 0 Å². The van der Waals surface area contributed by atoms with E-state index in [-0.39, 0.29) is 11.7 Å². The molecule has 1 aromatic carbocycles. The quantitative estimate of drug-likeness (QED) is 0.844. The summed E-state index contributed by atoms with van der Waals surface area (Å²) in [7, 11) is 0. The van der Waals surface area contributed by atoms with Crippen molar-refractivity contribution in [3.05, 3.63) is 30.0 Å². The maximum atomic E-state index is 11.3. The zero-order valence-electron chi connectivity index (χ0n) is 12.6. The van der Waals surface area contributed by atoms with E-state index in [0.717, 1.165) is 34.6 Å². The van der Waals surface area contributed by atoms with Crippen LogP contribution in [0.2, 0.25) is 0 Å². The van der Waals surface area contributed by atoms with Gasteiger partial charge in [-0.15, -0.1) is 11.8 Å². The maximum absolute atomic E-state index is 11.3. The van der Waals surface area contributed by atoms with E-state index >= 15 is 0 Å². The van der Waals surface area contributed by atoms with E-state index < -0.39 is 5.97 Å². The van der Waals surface area contributed by atoms with E-state index in [0.29, 0.717) is 5.25 Å². The number of nitrogens with two attached hydrogens (primary N) is 1. The molecule has 0 radical (unpaired) electrons. The molecule has 5 nitrogen and oxygen atoms in total. The van der Waals surface area contributed by atoms with Crippen LogP contribution in [0.15, 0.2) is 29.2 Å². The lowest BCUT2D eigenvalue weighted by molar-refractivity contribution is 0.0691. The average Bonchev–Trinajstić information content (AvgIpc) is 2.41. The van der Waals surface area contributed by atoms with Gasteiger partial charge in [0.2, 0.25) is 0 Å². The van der Waals surface area contributed by atoms with Crippen molar-refractivity contribution in [2.45, 2.75) is 30.0 Å². The Hall–Kier alpha value is -1.79. The van der Waals surface area contributed by atoms with Crippen LogP contribution >= 0.6 is 11.8 Å². The van der Waals surface area contributed by atoms with Crippen molar-refractivity contribution < 1.29 is 9.90 Å². The number of anilines is 1. The molecule has 2 aromatic rings. The second-order valence-corrected chi connectivity index (χ2v) is 7.49. The van der Waals surface area contributed by atoms with E-state index in [2.05, 4.69) is 29.8 Å². The van der Waals surface area contributed by atoms with Crippen LogP contribution in [0.25, 0.3) is 10.9 Å². The first-order valence-corrected chi connectivity index (χ1v) is 8.17. The summed E-state index contributed by atoms with van der Waals surface area (Å²) in [6, 6.07) is 7.87. The normalized spacial score (nSPS) is 15.4. The minimum Gasteiger partial charge on any atom is -0.477 e. The first kappa shape index (κ1) is 15.1. The van der Waals surface area contributed by atoms with Gasteiger partial charge < -0.3 is 15.7 Å². The Kier molecular flexibility index (Phi) is 3.97. The van der Waals surface area contributed by atoms with Crippen molar-refractivity contribution in [2.24, 2.45) is 5.73 Å². The smallest absolute Gasteiger partial charge is 0.354 e. The molecular formula is C16H19N3O2S. The van der Waals surface area contributed by atoms with Crippen LogP contribution in [0.5, 0.6) is 0 Å². The number of benzene rings is 1. The van der Waals surface area contributed by atoms with E-state index in [1.807, 2.05) is 12.1 Å². The Morgan fingerprint density at radius 2 is 2.14 bits per heavy atom. The molecule has 0 saturated carbocycles. The lowest BCUT2D eigenvalue weighted by Gasteiger charge is -2.39. The summed E-state index contributed by atoms with van der Waals surface area (Å²) in [6.07, 6.45) is 0. The molecule has 3 N–H and O–H groups in total. The molecule has 116 valence electrons. The van der Waals surface area contributed by atoms with Crippen molar-refractivity contribution >= 4 is 34.3 Å². The fraction of sp³-hybridized carbons (Fsp3) is 0.375. The lowest BCUT2D eigenvalue weighted by Crippen LogP contribution is -2.56. The first-order valence-electron chi connectivity index (χ1n) is 7.29. The summed E-state index contributed by atoms with van der Waals surface area (Å²) in [5.41, 5.74) is 7.56. The van der Waals surface area contributed by atoms with Gasteiger partial charge >= 0.3 is 5.97 Å². The van der Waals surface area contributed by atoms with Crippen molar-refractivity contribution in [3.8, 4) is 0 Å². The Balaban J connectivity index is 2.10. The molecule has 0 bridgehead atoms. The molecule has 0 unspecified atom stereocenters. The topological polar surface area (TPSA) is 79.5 Å². The number of carbonyl (C=O) groups is 1. The second kappa shape index (κ2) is 5.78. The molecule has 0 spiro atoms. The number of carboxylic acid groups (broad SMARTS) is 1. The van der Waals surface area contributed by atoms with Crippen LogP contribution in [0.4, 0.5) is 5.69 Å². The summed E-state index contributed by atoms with van der Waals surface area (Å²) in [4.78, 5) is 18.8. The zero-order valence-corrected chi connectivity index (χ0v) is 13.4. The summed E-state index contributed by atoms with van der Waals surface area (Å²) >= 11 is 1.74. The third-order valence-corrected chi connectivity index (χ3v) is 4.60. The highest BCUT2D eigenvalue weighted by atomic mass is 32.2. The number of hydrogen-bond donors (Lipinski definition) is 2. The van der Waals surface area contributed by atoms with Gasteiger partial charge in [0.1, 0.15) is 0 Å². The third kappa shape index (κ3) is 2.89. The fourth-order valence-electron chi connectivity index (χ4n) is 2.62. The molecule has 1 aliphatic rings. The number of thioether (sulfide) groups is 1. The number of rotatable bonds is 4. The number of aromatic carboxylic acids is 1. The standard InChI is InChI=1S/C16H19N3O2S/c1-9(2)22-11-3-4-12-13(5-11)18-14(16(20)21)6-15(12)19-7-10(17)8-19/h3-6,9-10H,7-8,17H2,1-2H3,(H,20,21). The van der Waals surface area contributed by atoms with E-state index in [1.165, 1.54) is 0 Å². The summed E-state index contributed by atoms with van der Waals surface area (Å²) < 4.78 is 0. The van der Waals surface area contributed by atoms with Gasteiger partial charge in [0.05, 0.1) is 5.52 Å². The Morgan fingerprint density at radius 3 is 2.73 bits per heavy atom. The molecular weight excluding hydrogens is 298 g/mol. The highest BCUT2D eigenvalue weighted by Crippen LogP contribution is 2.33. The lowest BCUT2D eigenvalue weighted by atomic mass is 10.1. The number of nitrogens with zero attached hydrogens (tertiary/aromatic N) is 2. The summed E-state index contributed by atoms with van der Waals surface area (Å²) in [6.45, 7) is 5.76. The van der Waals surface area contributed by atoms with Crippen LogP contribution in [0.1, 0.15) is 24.3 Å². The van der Waals surface area contributed by atoms with Crippen LogP contribution in [-0.4, -0.2) is 40.4 Å². The van der Waals surface area contributed by atoms with Crippen LogP contribution in [0.3, 0.4) is 0 Å². The predicted octanol–water partition coefficient (Wildman–Crippen LogP) is 2.58. The van der Waals surface area contributed by atoms with Gasteiger partial charge in [-0.2, -0.15) is 0 Å². The van der Waals surface area contributed by atoms with Crippen molar-refractivity contribution in [2.75, 3.05) is 18.0 Å². The van der Waals surface area contributed by atoms with Gasteiger partial charge in [-0.3, -0.25) is 0 Å². The molecule has 0 atom stereocenters. The number of aromatic nitrogens is 1. The SMILES string of the molecule is CC(C)Sc1ccc2c(N3CC(N)C3)cc(C(=O)O)nc2c1. The van der Waals surface area contributed by atoms with Gasteiger partial charge in [-0.05, 0) is 24.3 Å². The molecule has 0 amide bonds. The first-order chi connectivity index (χ1) is 10.4. The number of hydrogen-bond acceptors (Lipinski definition) is 5. The molecule has 0 aliphatic carbocycles. The Labute approximate surface area is 133 Å². The summed E-state index contributed by atoms with van der Waals surface area (Å²) in [5, 5.41) is 10.7. The predicted molar refractivity (Wildman–Crippen MR) is 89.9 cm³/mol. The number of carboxylic acids is 1. The maximum Gasteiger partial charge on any atom is 0.354 e. The van der Waals surface area contributed by atoms with Gasteiger partial charge in [0, 0.05) is 40.4 Å². The van der Waals surface area contributed by atoms with E-state index in [9.17, 15) is 9.90 Å². The van der Waals surface area contributed by atoms with Crippen LogP contribution in [-0.2, 0) is 0 Å². The molecule has 3 rings (SSSR count). The Morgan fingerprint density at radius 1 is 1.41 bits per heavy atom. The molecule has 1 aliphatic heterocycles. The molecule has 1 saturated heterocycles.